The first kappa shape index (κ1) is 59.3. The molecule has 2 N–H and O–H groups in total. The van der Waals surface area contributed by atoms with Gasteiger partial charge in [-0.15, -0.1) is 0 Å². The molecule has 2 heterocycles. The van der Waals surface area contributed by atoms with Crippen molar-refractivity contribution in [2.45, 2.75) is 115 Å². The molecule has 6 aromatic carbocycles. The maximum atomic E-state index is 13.2. The van der Waals surface area contributed by atoms with E-state index in [-0.39, 0.29) is 45.8 Å². The van der Waals surface area contributed by atoms with Crippen LogP contribution in [0.3, 0.4) is 0 Å². The minimum atomic E-state index is -3.62. The van der Waals surface area contributed by atoms with Crippen molar-refractivity contribution < 1.29 is 35.9 Å². The smallest absolute Gasteiger partial charge is 0.251 e. The van der Waals surface area contributed by atoms with Gasteiger partial charge in [0.25, 0.3) is 11.8 Å². The van der Waals surface area contributed by atoms with E-state index in [0.29, 0.717) is 61.6 Å². The molecule has 8 rings (SSSR count). The van der Waals surface area contributed by atoms with Crippen LogP contribution in [0.15, 0.2) is 143 Å². The van der Waals surface area contributed by atoms with Crippen LogP contribution in [0, 0.1) is 13.8 Å². The van der Waals surface area contributed by atoms with Crippen molar-refractivity contribution in [1.29, 1.82) is 0 Å². The number of methoxy groups -OCH3 is 2. The summed E-state index contributed by atoms with van der Waals surface area (Å²) in [6.07, 6.45) is 1.11. The summed E-state index contributed by atoms with van der Waals surface area (Å²) in [7, 11) is -4.14. The molecule has 0 unspecified atom stereocenters. The Bertz CT molecular complexity index is 3240. The summed E-state index contributed by atoms with van der Waals surface area (Å²) in [5, 5.41) is 6.14. The molecule has 0 bridgehead atoms. The quantitative estimate of drug-likeness (QED) is 0.0850. The molecule has 6 aromatic rings. The normalized spacial score (nSPS) is 14.2. The molecule has 0 aliphatic carbocycles. The van der Waals surface area contributed by atoms with E-state index in [9.17, 15) is 26.4 Å². The first-order valence-corrected chi connectivity index (χ1v) is 29.5. The zero-order valence-corrected chi connectivity index (χ0v) is 48.7. The standard InChI is InChI=1S/2C31H39N3O4S/c1-23-6-8-24(9-7-23)21-33(31(2,3)4)19-17-32-30(35)26-10-11-27-22-34(18-16-25(27)20-26)39(36,37)29-14-12-28(38-5)13-15-29;1-23-7-6-8-24(19-23)21-33(31(2,3)4)18-16-32-30(35)26-9-10-27-22-34(17-15-25(27)20-26)39(36,37)29-13-11-28(38-5)12-14-29/h6-15,20H,16-19,21-22H2,1-5H3,(H,32,35);6-14,19-20H,15-18,21-22H2,1-5H3,(H,32,35). The number of hydrogen-bond donors (Lipinski definition) is 2. The van der Waals surface area contributed by atoms with Crippen LogP contribution in [0.1, 0.15) is 107 Å². The molecular formula is C62H78N6O8S2. The van der Waals surface area contributed by atoms with Crippen molar-refractivity contribution in [1.82, 2.24) is 29.0 Å². The Kier molecular flexibility index (Phi) is 19.4. The number of aryl methyl sites for hydroxylation is 2. The highest BCUT2D eigenvalue weighted by molar-refractivity contribution is 7.89. The average molecular weight is 1100 g/mol. The largest absolute Gasteiger partial charge is 0.497 e. The van der Waals surface area contributed by atoms with Crippen LogP contribution in [-0.2, 0) is 59.1 Å². The van der Waals surface area contributed by atoms with Gasteiger partial charge in [-0.1, -0.05) is 71.8 Å². The van der Waals surface area contributed by atoms with Crippen LogP contribution in [0.2, 0.25) is 0 Å². The van der Waals surface area contributed by atoms with Crippen molar-refractivity contribution in [2.24, 2.45) is 0 Å². The molecule has 14 nitrogen and oxygen atoms in total. The number of carbonyl (C=O) groups is 2. The Morgan fingerprint density at radius 2 is 0.936 bits per heavy atom. The number of nitrogens with zero attached hydrogens (tertiary/aromatic N) is 4. The molecule has 0 spiro atoms. The maximum absolute atomic E-state index is 13.2. The van der Waals surface area contributed by atoms with Crippen LogP contribution in [0.5, 0.6) is 11.5 Å². The molecule has 416 valence electrons. The molecule has 0 aromatic heterocycles. The molecule has 0 saturated carbocycles. The number of sulfonamides is 2. The van der Waals surface area contributed by atoms with E-state index in [1.807, 2.05) is 24.3 Å². The van der Waals surface area contributed by atoms with Gasteiger partial charge in [0.1, 0.15) is 11.5 Å². The van der Waals surface area contributed by atoms with Gasteiger partial charge in [0.2, 0.25) is 20.0 Å². The molecule has 16 heteroatoms. The van der Waals surface area contributed by atoms with Crippen LogP contribution >= 0.6 is 0 Å². The van der Waals surface area contributed by atoms with Crippen LogP contribution in [0.25, 0.3) is 0 Å². The molecule has 78 heavy (non-hydrogen) atoms. The van der Waals surface area contributed by atoms with Crippen molar-refractivity contribution in [3.05, 3.63) is 189 Å². The summed E-state index contributed by atoms with van der Waals surface area (Å²) in [5.74, 6) is 0.994. The lowest BCUT2D eigenvalue weighted by Crippen LogP contribution is -2.45. The highest BCUT2D eigenvalue weighted by Crippen LogP contribution is 2.29. The van der Waals surface area contributed by atoms with Crippen molar-refractivity contribution >= 4 is 31.9 Å². The predicted molar refractivity (Wildman–Crippen MR) is 309 cm³/mol. The fraction of sp³-hybridized carbons (Fsp3) is 0.387. The lowest BCUT2D eigenvalue weighted by atomic mass is 9.98. The number of rotatable bonds is 18. The lowest BCUT2D eigenvalue weighted by molar-refractivity contribution is 0.0915. The van der Waals surface area contributed by atoms with Gasteiger partial charge < -0.3 is 20.1 Å². The van der Waals surface area contributed by atoms with Gasteiger partial charge in [0, 0.05) is 87.7 Å². The third-order valence-corrected chi connectivity index (χ3v) is 18.2. The summed E-state index contributed by atoms with van der Waals surface area (Å²) in [6.45, 7) is 22.8. The van der Waals surface area contributed by atoms with E-state index in [1.165, 1.54) is 30.9 Å². The van der Waals surface area contributed by atoms with E-state index >= 15 is 0 Å². The fourth-order valence-corrected chi connectivity index (χ4v) is 12.4. The second-order valence-electron chi connectivity index (χ2n) is 22.2. The van der Waals surface area contributed by atoms with E-state index in [2.05, 4.69) is 124 Å². The number of hydrogen-bond acceptors (Lipinski definition) is 10. The van der Waals surface area contributed by atoms with Crippen LogP contribution < -0.4 is 20.1 Å². The van der Waals surface area contributed by atoms with Crippen LogP contribution in [-0.4, -0.2) is 112 Å². The summed E-state index contributed by atoms with van der Waals surface area (Å²) >= 11 is 0. The summed E-state index contributed by atoms with van der Waals surface area (Å²) in [6, 6.07) is 41.1. The lowest BCUT2D eigenvalue weighted by Gasteiger charge is -2.36. The number of benzene rings is 6. The highest BCUT2D eigenvalue weighted by atomic mass is 32.2. The first-order valence-electron chi connectivity index (χ1n) is 26.6. The third-order valence-electron chi connectivity index (χ3n) is 14.5. The number of ether oxygens (including phenoxy) is 2. The van der Waals surface area contributed by atoms with Gasteiger partial charge >= 0.3 is 0 Å². The van der Waals surface area contributed by atoms with Crippen molar-refractivity contribution in [3.8, 4) is 11.5 Å². The molecule has 0 fully saturated rings. The minimum Gasteiger partial charge on any atom is -0.497 e. The van der Waals surface area contributed by atoms with E-state index < -0.39 is 20.0 Å². The zero-order valence-electron chi connectivity index (χ0n) is 47.1. The van der Waals surface area contributed by atoms with Crippen LogP contribution in [0.4, 0.5) is 0 Å². The topological polar surface area (TPSA) is 158 Å². The zero-order chi connectivity index (χ0) is 56.4. The second kappa shape index (κ2) is 25.6. The average Bonchev–Trinajstić information content (AvgIpc) is 3.45. The maximum Gasteiger partial charge on any atom is 0.251 e. The van der Waals surface area contributed by atoms with Crippen molar-refractivity contribution in [2.75, 3.05) is 53.5 Å². The van der Waals surface area contributed by atoms with Gasteiger partial charge in [-0.05, 0) is 174 Å². The van der Waals surface area contributed by atoms with Gasteiger partial charge in [0.05, 0.1) is 24.0 Å². The van der Waals surface area contributed by atoms with E-state index in [0.717, 1.165) is 48.4 Å². The number of carbonyl (C=O) groups excluding carboxylic acids is 2. The van der Waals surface area contributed by atoms with Crippen molar-refractivity contribution in [3.63, 3.8) is 0 Å². The molecule has 2 aliphatic rings. The molecule has 2 aliphatic heterocycles. The molecular weight excluding hydrogens is 1020 g/mol. The third kappa shape index (κ3) is 15.5. The Morgan fingerprint density at radius 3 is 1.33 bits per heavy atom. The van der Waals surface area contributed by atoms with Gasteiger partial charge in [-0.2, -0.15) is 8.61 Å². The summed E-state index contributed by atoms with van der Waals surface area (Å²) in [5.41, 5.74) is 9.97. The minimum absolute atomic E-state index is 0.0422. The number of fused-ring (bicyclic) bond motifs is 2. The van der Waals surface area contributed by atoms with Gasteiger partial charge in [0.15, 0.2) is 0 Å². The molecule has 0 saturated heterocycles. The molecule has 0 radical (unpaired) electrons. The number of amides is 2. The Labute approximate surface area is 463 Å². The summed E-state index contributed by atoms with van der Waals surface area (Å²) in [4.78, 5) is 31.2. The predicted octanol–water partition coefficient (Wildman–Crippen LogP) is 9.56. The van der Waals surface area contributed by atoms with E-state index in [4.69, 9.17) is 9.47 Å². The monoisotopic (exact) mass is 1100 g/mol. The molecule has 0 atom stereocenters. The SMILES string of the molecule is COc1ccc(S(=O)(=O)N2CCc3cc(C(=O)NCCN(Cc4ccc(C)cc4)C(C)(C)C)ccc3C2)cc1.COc1ccc(S(=O)(=O)N2CCc3cc(C(=O)NCCN(Cc4cccc(C)c4)C(C)(C)C)ccc3C2)cc1. The van der Waals surface area contributed by atoms with Gasteiger partial charge in [-0.25, -0.2) is 16.8 Å². The second-order valence-corrected chi connectivity index (χ2v) is 26.0. The van der Waals surface area contributed by atoms with E-state index in [1.54, 1.807) is 74.9 Å². The number of nitrogens with one attached hydrogen (secondary N) is 2. The Morgan fingerprint density at radius 1 is 0.513 bits per heavy atom. The Hall–Kier alpha value is -6.40. The fourth-order valence-electron chi connectivity index (χ4n) is 9.60. The summed E-state index contributed by atoms with van der Waals surface area (Å²) < 4.78 is 65.9. The first-order chi connectivity index (χ1) is 36.9. The highest BCUT2D eigenvalue weighted by Gasteiger charge is 2.31. The van der Waals surface area contributed by atoms with Gasteiger partial charge in [-0.3, -0.25) is 19.4 Å². The molecule has 2 amide bonds. The Balaban J connectivity index is 0.000000226.